The van der Waals surface area contributed by atoms with Crippen LogP contribution in [0, 0.1) is 0 Å². The molecule has 0 aliphatic rings. The van der Waals surface area contributed by atoms with Crippen molar-refractivity contribution in [3.05, 3.63) is 83.0 Å². The lowest BCUT2D eigenvalue weighted by molar-refractivity contribution is 0.100. The van der Waals surface area contributed by atoms with Crippen molar-refractivity contribution >= 4 is 16.9 Å². The molecular weight excluding hydrogens is 358 g/mol. The molecule has 0 bridgehead atoms. The molecule has 0 radical (unpaired) electrons. The van der Waals surface area contributed by atoms with Crippen LogP contribution in [0.15, 0.2) is 71.9 Å². The Morgan fingerprint density at radius 1 is 1.11 bits per heavy atom. The number of carbonyl (C=O) groups excluding carboxylic acids is 1. The van der Waals surface area contributed by atoms with Gasteiger partial charge in [-0.1, -0.05) is 30.3 Å². The number of nitrogens with zero attached hydrogens (tertiary/aromatic N) is 4. The average molecular weight is 375 g/mol. The summed E-state index contributed by atoms with van der Waals surface area (Å²) in [7, 11) is 0. The van der Waals surface area contributed by atoms with Gasteiger partial charge in [0.15, 0.2) is 5.65 Å². The monoisotopic (exact) mass is 375 g/mol. The Hall–Kier alpha value is -3.94. The van der Waals surface area contributed by atoms with Gasteiger partial charge in [0.1, 0.15) is 17.5 Å². The molecule has 4 rings (SSSR count). The van der Waals surface area contributed by atoms with Crippen LogP contribution in [-0.2, 0) is 0 Å². The Kier molecular flexibility index (Phi) is 4.59. The second kappa shape index (κ2) is 7.36. The third kappa shape index (κ3) is 3.11. The highest BCUT2D eigenvalue weighted by molar-refractivity contribution is 6.02. The Labute approximate surface area is 160 Å². The fraction of sp³-hybridized carbons (Fsp3) is 0.100. The van der Waals surface area contributed by atoms with Gasteiger partial charge in [0.05, 0.1) is 24.1 Å². The molecule has 140 valence electrons. The van der Waals surface area contributed by atoms with Crippen LogP contribution in [0.5, 0.6) is 5.75 Å². The summed E-state index contributed by atoms with van der Waals surface area (Å²) >= 11 is 0. The maximum absolute atomic E-state index is 12.8. The van der Waals surface area contributed by atoms with Crippen LogP contribution < -0.4 is 15.7 Å². The number of ether oxygens (including phenoxy) is 1. The molecule has 28 heavy (non-hydrogen) atoms. The van der Waals surface area contributed by atoms with Gasteiger partial charge in [-0.25, -0.2) is 14.3 Å². The molecule has 0 aliphatic carbocycles. The van der Waals surface area contributed by atoms with Crippen LogP contribution in [0.25, 0.3) is 16.7 Å². The molecule has 0 saturated carbocycles. The van der Waals surface area contributed by atoms with Crippen molar-refractivity contribution in [2.75, 3.05) is 12.0 Å². The van der Waals surface area contributed by atoms with E-state index in [1.807, 2.05) is 37.3 Å². The van der Waals surface area contributed by atoms with Crippen molar-refractivity contribution in [2.24, 2.45) is 0 Å². The summed E-state index contributed by atoms with van der Waals surface area (Å²) in [6.45, 7) is 2.26. The first kappa shape index (κ1) is 17.5. The van der Waals surface area contributed by atoms with Crippen molar-refractivity contribution in [3.8, 4) is 11.4 Å². The zero-order valence-electron chi connectivity index (χ0n) is 15.1. The van der Waals surface area contributed by atoms with Gasteiger partial charge >= 0.3 is 0 Å². The number of para-hydroxylation sites is 2. The van der Waals surface area contributed by atoms with Gasteiger partial charge in [0.2, 0.25) is 0 Å². The SMILES string of the molecule is CCOc1ccccc1C(=O)Nn1cnc2c(cnn2-c2ccccc2)c1=O. The second-order valence-electron chi connectivity index (χ2n) is 5.92. The average Bonchev–Trinajstić information content (AvgIpc) is 3.16. The number of hydrogen-bond acceptors (Lipinski definition) is 5. The molecule has 0 unspecified atom stereocenters. The summed E-state index contributed by atoms with van der Waals surface area (Å²) in [6.07, 6.45) is 2.71. The lowest BCUT2D eigenvalue weighted by atomic mass is 10.2. The van der Waals surface area contributed by atoms with E-state index < -0.39 is 11.5 Å². The number of fused-ring (bicyclic) bond motifs is 1. The molecular formula is C20H17N5O3. The number of benzene rings is 2. The number of amides is 1. The van der Waals surface area contributed by atoms with Crippen LogP contribution in [0.1, 0.15) is 17.3 Å². The third-order valence-corrected chi connectivity index (χ3v) is 4.14. The van der Waals surface area contributed by atoms with Crippen LogP contribution in [0.2, 0.25) is 0 Å². The zero-order valence-corrected chi connectivity index (χ0v) is 15.1. The molecule has 2 heterocycles. The predicted octanol–water partition coefficient (Wildman–Crippen LogP) is 2.36. The molecule has 0 spiro atoms. The van der Waals surface area contributed by atoms with Gasteiger partial charge in [0, 0.05) is 0 Å². The number of nitrogens with one attached hydrogen (secondary N) is 1. The molecule has 0 atom stereocenters. The standard InChI is InChI=1S/C20H17N5O3/c1-2-28-17-11-7-6-10-15(17)19(26)23-24-13-21-18-16(20(24)27)12-22-25(18)14-8-4-3-5-9-14/h3-13H,2H2,1H3,(H,23,26). The molecule has 4 aromatic rings. The lowest BCUT2D eigenvalue weighted by Gasteiger charge is -2.11. The summed E-state index contributed by atoms with van der Waals surface area (Å²) in [5, 5.41) is 4.55. The quantitative estimate of drug-likeness (QED) is 0.578. The van der Waals surface area contributed by atoms with Crippen LogP contribution in [0.3, 0.4) is 0 Å². The molecule has 0 aliphatic heterocycles. The predicted molar refractivity (Wildman–Crippen MR) is 104 cm³/mol. The van der Waals surface area contributed by atoms with Gasteiger partial charge in [-0.2, -0.15) is 5.10 Å². The van der Waals surface area contributed by atoms with E-state index in [1.54, 1.807) is 28.9 Å². The van der Waals surface area contributed by atoms with E-state index in [4.69, 9.17) is 4.74 Å². The van der Waals surface area contributed by atoms with E-state index >= 15 is 0 Å². The van der Waals surface area contributed by atoms with Crippen LogP contribution in [-0.4, -0.2) is 32.0 Å². The first-order chi connectivity index (χ1) is 13.7. The van der Waals surface area contributed by atoms with E-state index in [-0.39, 0.29) is 0 Å². The summed E-state index contributed by atoms with van der Waals surface area (Å²) in [5.74, 6) is -0.0239. The zero-order chi connectivity index (χ0) is 19.5. The minimum atomic E-state index is -0.470. The molecule has 1 amide bonds. The second-order valence-corrected chi connectivity index (χ2v) is 5.92. The van der Waals surface area contributed by atoms with Crippen molar-refractivity contribution < 1.29 is 9.53 Å². The van der Waals surface area contributed by atoms with Gasteiger partial charge in [-0.05, 0) is 31.2 Å². The number of rotatable bonds is 5. The van der Waals surface area contributed by atoms with E-state index in [1.165, 1.54) is 12.5 Å². The first-order valence-corrected chi connectivity index (χ1v) is 8.73. The van der Waals surface area contributed by atoms with Crippen molar-refractivity contribution in [1.82, 2.24) is 19.4 Å². The molecule has 1 N–H and O–H groups in total. The Balaban J connectivity index is 1.69. The summed E-state index contributed by atoms with van der Waals surface area (Å²) < 4.78 is 8.09. The van der Waals surface area contributed by atoms with E-state index in [9.17, 15) is 9.59 Å². The first-order valence-electron chi connectivity index (χ1n) is 8.73. The van der Waals surface area contributed by atoms with E-state index in [0.717, 1.165) is 10.4 Å². The largest absolute Gasteiger partial charge is 0.493 e. The normalized spacial score (nSPS) is 10.8. The Morgan fingerprint density at radius 3 is 2.64 bits per heavy atom. The molecule has 2 aromatic carbocycles. The topological polar surface area (TPSA) is 91.0 Å². The van der Waals surface area contributed by atoms with Crippen molar-refractivity contribution in [1.29, 1.82) is 0 Å². The van der Waals surface area contributed by atoms with E-state index in [2.05, 4.69) is 15.5 Å². The van der Waals surface area contributed by atoms with E-state index in [0.29, 0.717) is 29.0 Å². The maximum Gasteiger partial charge on any atom is 0.283 e. The highest BCUT2D eigenvalue weighted by Gasteiger charge is 2.15. The summed E-state index contributed by atoms with van der Waals surface area (Å²) in [6, 6.07) is 16.2. The highest BCUT2D eigenvalue weighted by Crippen LogP contribution is 2.18. The maximum atomic E-state index is 12.8. The molecule has 8 nitrogen and oxygen atoms in total. The minimum Gasteiger partial charge on any atom is -0.493 e. The fourth-order valence-electron chi connectivity index (χ4n) is 2.85. The molecule has 0 fully saturated rings. The lowest BCUT2D eigenvalue weighted by Crippen LogP contribution is -2.33. The van der Waals surface area contributed by atoms with Crippen molar-refractivity contribution in [2.45, 2.75) is 6.92 Å². The molecule has 2 aromatic heterocycles. The highest BCUT2D eigenvalue weighted by atomic mass is 16.5. The number of aromatic nitrogens is 4. The molecule has 0 saturated heterocycles. The fourth-order valence-corrected chi connectivity index (χ4v) is 2.85. The number of hydrogen-bond donors (Lipinski definition) is 1. The van der Waals surface area contributed by atoms with Gasteiger partial charge in [-0.3, -0.25) is 15.0 Å². The molecule has 8 heteroatoms. The third-order valence-electron chi connectivity index (χ3n) is 4.14. The van der Waals surface area contributed by atoms with Crippen LogP contribution in [0.4, 0.5) is 0 Å². The summed E-state index contributed by atoms with van der Waals surface area (Å²) in [5.41, 5.74) is 3.66. The number of carbonyl (C=O) groups is 1. The van der Waals surface area contributed by atoms with Gasteiger partial charge in [0.25, 0.3) is 11.5 Å². The van der Waals surface area contributed by atoms with Crippen LogP contribution >= 0.6 is 0 Å². The Morgan fingerprint density at radius 2 is 1.86 bits per heavy atom. The van der Waals surface area contributed by atoms with Gasteiger partial charge < -0.3 is 4.74 Å². The summed E-state index contributed by atoms with van der Waals surface area (Å²) in [4.78, 5) is 29.7. The minimum absolute atomic E-state index is 0.296. The van der Waals surface area contributed by atoms with Gasteiger partial charge in [-0.15, -0.1) is 0 Å². The smallest absolute Gasteiger partial charge is 0.283 e. The van der Waals surface area contributed by atoms with Crippen molar-refractivity contribution in [3.63, 3.8) is 0 Å². The Bertz CT molecular complexity index is 1200.